The fourth-order valence-corrected chi connectivity index (χ4v) is 1.39. The highest BCUT2D eigenvalue weighted by atomic mass is 16.5. The van der Waals surface area contributed by atoms with Crippen molar-refractivity contribution in [3.05, 3.63) is 6.33 Å². The zero-order chi connectivity index (χ0) is 15.2. The van der Waals surface area contributed by atoms with Crippen LogP contribution in [-0.4, -0.2) is 54.8 Å². The van der Waals surface area contributed by atoms with Crippen LogP contribution < -0.4 is 14.8 Å². The molecule has 0 atom stereocenters. The molecule has 20 heavy (non-hydrogen) atoms. The molecule has 0 aromatic carbocycles. The largest absolute Gasteiger partial charge is 0.489 e. The summed E-state index contributed by atoms with van der Waals surface area (Å²) in [7, 11) is 5.64. The lowest BCUT2D eigenvalue weighted by Crippen LogP contribution is -2.43. The van der Waals surface area contributed by atoms with E-state index in [-0.39, 0.29) is 5.54 Å². The van der Waals surface area contributed by atoms with E-state index in [4.69, 9.17) is 9.47 Å². The predicted molar refractivity (Wildman–Crippen MR) is 80.6 cm³/mol. The summed E-state index contributed by atoms with van der Waals surface area (Å²) in [5.41, 5.74) is -0.0903. The highest BCUT2D eigenvalue weighted by Crippen LogP contribution is 2.31. The van der Waals surface area contributed by atoms with Crippen LogP contribution in [0.15, 0.2) is 6.33 Å². The average Bonchev–Trinajstić information content (AvgIpc) is 2.42. The lowest BCUT2D eigenvalue weighted by Gasteiger charge is -2.32. The number of ether oxygens (including phenoxy) is 2. The zero-order valence-electron chi connectivity index (χ0n) is 13.4. The van der Waals surface area contributed by atoms with Gasteiger partial charge in [-0.25, -0.2) is 4.98 Å². The lowest BCUT2D eigenvalue weighted by molar-refractivity contribution is 0.108. The maximum atomic E-state index is 5.82. The number of hydrogen-bond acceptors (Lipinski definition) is 6. The van der Waals surface area contributed by atoms with Crippen LogP contribution in [-0.2, 0) is 0 Å². The summed E-state index contributed by atoms with van der Waals surface area (Å²) in [4.78, 5) is 10.5. The second kappa shape index (κ2) is 7.28. The van der Waals surface area contributed by atoms with Crippen molar-refractivity contribution in [1.29, 1.82) is 0 Å². The molecule has 0 fully saturated rings. The molecule has 0 radical (unpaired) electrons. The molecule has 0 spiro atoms. The van der Waals surface area contributed by atoms with E-state index < -0.39 is 0 Å². The summed E-state index contributed by atoms with van der Waals surface area (Å²) in [5, 5.41) is 3.21. The maximum absolute atomic E-state index is 5.82. The van der Waals surface area contributed by atoms with Crippen LogP contribution in [0.4, 0.5) is 5.82 Å². The van der Waals surface area contributed by atoms with Crippen molar-refractivity contribution >= 4 is 5.82 Å². The van der Waals surface area contributed by atoms with Crippen LogP contribution in [0.5, 0.6) is 11.6 Å². The fraction of sp³-hybridized carbons (Fsp3) is 0.714. The molecule has 0 amide bonds. The maximum Gasteiger partial charge on any atom is 0.262 e. The Bertz CT molecular complexity index is 422. The molecule has 6 nitrogen and oxygen atoms in total. The minimum atomic E-state index is -0.0903. The Morgan fingerprint density at radius 2 is 2.00 bits per heavy atom. The van der Waals surface area contributed by atoms with E-state index in [1.165, 1.54) is 6.33 Å². The van der Waals surface area contributed by atoms with E-state index in [1.54, 1.807) is 7.11 Å². The smallest absolute Gasteiger partial charge is 0.262 e. The third-order valence-corrected chi connectivity index (χ3v) is 3.29. The predicted octanol–water partition coefficient (Wildman–Crippen LogP) is 2.03. The molecule has 0 saturated heterocycles. The molecule has 0 bridgehead atoms. The van der Waals surface area contributed by atoms with E-state index in [0.717, 1.165) is 13.0 Å². The molecule has 0 aliphatic heterocycles. The molecule has 0 saturated carbocycles. The normalized spacial score (nSPS) is 11.6. The third-order valence-electron chi connectivity index (χ3n) is 3.29. The second-order valence-electron chi connectivity index (χ2n) is 5.48. The number of hydrogen-bond donors (Lipinski definition) is 1. The minimum absolute atomic E-state index is 0.0903. The minimum Gasteiger partial charge on any atom is -0.489 e. The van der Waals surface area contributed by atoms with Crippen molar-refractivity contribution in [2.24, 2.45) is 0 Å². The summed E-state index contributed by atoms with van der Waals surface area (Å²) in [6, 6.07) is 0. The van der Waals surface area contributed by atoms with Gasteiger partial charge in [0.05, 0.1) is 7.11 Å². The average molecular weight is 282 g/mol. The van der Waals surface area contributed by atoms with Gasteiger partial charge in [0.25, 0.3) is 5.88 Å². The summed E-state index contributed by atoms with van der Waals surface area (Å²) in [6.07, 6.45) is 2.50. The SMILES string of the molecule is CCCNc1ncnc(OCC(C)(C)N(C)C)c1OC. The molecule has 1 N–H and O–H groups in total. The fourth-order valence-electron chi connectivity index (χ4n) is 1.39. The standard InChI is InChI=1S/C14H26N4O2/c1-7-8-15-12-11(19-6)13(17-10-16-12)20-9-14(2,3)18(4)5/h10H,7-9H2,1-6H3,(H,15,16,17). The first-order valence-electron chi connectivity index (χ1n) is 6.85. The first-order chi connectivity index (χ1) is 9.42. The Morgan fingerprint density at radius 1 is 1.30 bits per heavy atom. The van der Waals surface area contributed by atoms with Gasteiger partial charge in [0, 0.05) is 12.1 Å². The van der Waals surface area contributed by atoms with Crippen LogP contribution in [0.1, 0.15) is 27.2 Å². The Labute approximate surface area is 121 Å². The summed E-state index contributed by atoms with van der Waals surface area (Å²) in [6.45, 7) is 7.65. The van der Waals surface area contributed by atoms with Crippen LogP contribution in [0.2, 0.25) is 0 Å². The second-order valence-corrected chi connectivity index (χ2v) is 5.48. The molecule has 0 aliphatic carbocycles. The number of methoxy groups -OCH3 is 1. The number of nitrogens with one attached hydrogen (secondary N) is 1. The van der Waals surface area contributed by atoms with Gasteiger partial charge in [0.2, 0.25) is 5.75 Å². The van der Waals surface area contributed by atoms with Crippen LogP contribution in [0.25, 0.3) is 0 Å². The quantitative estimate of drug-likeness (QED) is 0.787. The van der Waals surface area contributed by atoms with E-state index in [2.05, 4.69) is 41.0 Å². The van der Waals surface area contributed by atoms with E-state index in [9.17, 15) is 0 Å². The van der Waals surface area contributed by atoms with E-state index >= 15 is 0 Å². The van der Waals surface area contributed by atoms with Gasteiger partial charge in [-0.2, -0.15) is 4.98 Å². The van der Waals surface area contributed by atoms with Crippen molar-refractivity contribution in [3.8, 4) is 11.6 Å². The Balaban J connectivity index is 2.84. The van der Waals surface area contributed by atoms with Crippen molar-refractivity contribution < 1.29 is 9.47 Å². The molecule has 6 heteroatoms. The lowest BCUT2D eigenvalue weighted by atomic mass is 10.1. The number of aromatic nitrogens is 2. The molecule has 1 aromatic rings. The molecule has 1 aromatic heterocycles. The van der Waals surface area contributed by atoms with Gasteiger partial charge in [-0.05, 0) is 34.4 Å². The molecular formula is C14H26N4O2. The first-order valence-corrected chi connectivity index (χ1v) is 6.85. The van der Waals surface area contributed by atoms with Crippen LogP contribution in [0.3, 0.4) is 0 Å². The monoisotopic (exact) mass is 282 g/mol. The molecular weight excluding hydrogens is 256 g/mol. The van der Waals surface area contributed by atoms with Gasteiger partial charge in [0.15, 0.2) is 5.82 Å². The molecule has 114 valence electrons. The number of likely N-dealkylation sites (N-methyl/N-ethyl adjacent to an activating group) is 1. The highest BCUT2D eigenvalue weighted by molar-refractivity contribution is 5.54. The van der Waals surface area contributed by atoms with Gasteiger partial charge >= 0.3 is 0 Å². The summed E-state index contributed by atoms with van der Waals surface area (Å²) in [5.74, 6) is 1.69. The first kappa shape index (κ1) is 16.5. The Kier molecular flexibility index (Phi) is 6.01. The molecule has 1 rings (SSSR count). The van der Waals surface area contributed by atoms with Crippen molar-refractivity contribution in [2.75, 3.05) is 39.7 Å². The van der Waals surface area contributed by atoms with Crippen molar-refractivity contribution in [3.63, 3.8) is 0 Å². The summed E-state index contributed by atoms with van der Waals surface area (Å²) < 4.78 is 11.2. The van der Waals surface area contributed by atoms with Gasteiger partial charge in [-0.1, -0.05) is 6.92 Å². The Hall–Kier alpha value is -1.56. The van der Waals surface area contributed by atoms with Crippen LogP contribution in [0, 0.1) is 0 Å². The Morgan fingerprint density at radius 3 is 2.55 bits per heavy atom. The highest BCUT2D eigenvalue weighted by Gasteiger charge is 2.23. The number of anilines is 1. The molecule has 0 unspecified atom stereocenters. The molecule has 0 aliphatic rings. The van der Waals surface area contributed by atoms with Gasteiger partial charge in [0.1, 0.15) is 12.9 Å². The summed E-state index contributed by atoms with van der Waals surface area (Å²) >= 11 is 0. The number of rotatable bonds is 8. The number of nitrogens with zero attached hydrogens (tertiary/aromatic N) is 3. The van der Waals surface area contributed by atoms with Gasteiger partial charge in [-0.15, -0.1) is 0 Å². The van der Waals surface area contributed by atoms with Crippen molar-refractivity contribution in [1.82, 2.24) is 14.9 Å². The van der Waals surface area contributed by atoms with E-state index in [1.807, 2.05) is 14.1 Å². The van der Waals surface area contributed by atoms with Crippen molar-refractivity contribution in [2.45, 2.75) is 32.7 Å². The molecule has 1 heterocycles. The van der Waals surface area contributed by atoms with Gasteiger partial charge < -0.3 is 19.7 Å². The zero-order valence-corrected chi connectivity index (χ0v) is 13.4. The van der Waals surface area contributed by atoms with Gasteiger partial charge in [-0.3, -0.25) is 0 Å². The van der Waals surface area contributed by atoms with E-state index in [0.29, 0.717) is 24.1 Å². The van der Waals surface area contributed by atoms with Crippen LogP contribution >= 0.6 is 0 Å². The topological polar surface area (TPSA) is 59.5 Å². The third kappa shape index (κ3) is 4.23.